The third-order valence-corrected chi connectivity index (χ3v) is 4.61. The SMILES string of the molecule is CN=C(NCC(=O)N(C)CC(F)(F)F)NCC1(CC(C)C)CCCC1. The van der Waals surface area contributed by atoms with Gasteiger partial charge in [0.2, 0.25) is 5.91 Å². The van der Waals surface area contributed by atoms with Gasteiger partial charge in [-0.2, -0.15) is 13.2 Å². The van der Waals surface area contributed by atoms with Gasteiger partial charge in [0.25, 0.3) is 0 Å². The summed E-state index contributed by atoms with van der Waals surface area (Å²) < 4.78 is 37.0. The normalized spacial score (nSPS) is 17.7. The average molecular weight is 364 g/mol. The zero-order valence-electron chi connectivity index (χ0n) is 15.7. The quantitative estimate of drug-likeness (QED) is 0.539. The molecule has 0 saturated heterocycles. The Kier molecular flexibility index (Phi) is 8.02. The van der Waals surface area contributed by atoms with Crippen LogP contribution in [-0.2, 0) is 4.79 Å². The summed E-state index contributed by atoms with van der Waals surface area (Å²) in [5.41, 5.74) is 0.239. The van der Waals surface area contributed by atoms with Crippen LogP contribution in [0.4, 0.5) is 13.2 Å². The number of aliphatic imine (C=N–C) groups is 1. The van der Waals surface area contributed by atoms with E-state index in [-0.39, 0.29) is 12.0 Å². The van der Waals surface area contributed by atoms with Gasteiger partial charge in [0, 0.05) is 20.6 Å². The Morgan fingerprint density at radius 1 is 1.24 bits per heavy atom. The van der Waals surface area contributed by atoms with Crippen molar-refractivity contribution in [3.8, 4) is 0 Å². The first-order valence-corrected chi connectivity index (χ1v) is 8.82. The number of nitrogens with zero attached hydrogens (tertiary/aromatic N) is 2. The van der Waals surface area contributed by atoms with Crippen LogP contribution in [0.5, 0.6) is 0 Å². The standard InChI is InChI=1S/C17H31F3N4O/c1-13(2)9-16(7-5-6-8-16)11-23-15(21-3)22-10-14(25)24(4)12-17(18,19)20/h13H,5-12H2,1-4H3,(H2,21,22,23). The van der Waals surface area contributed by atoms with E-state index in [0.717, 1.165) is 20.0 Å². The molecule has 8 heteroatoms. The van der Waals surface area contributed by atoms with Crippen molar-refractivity contribution in [2.24, 2.45) is 16.3 Å². The Balaban J connectivity index is 2.48. The highest BCUT2D eigenvalue weighted by Gasteiger charge is 2.34. The van der Waals surface area contributed by atoms with E-state index in [0.29, 0.717) is 16.8 Å². The number of nitrogens with one attached hydrogen (secondary N) is 2. The Morgan fingerprint density at radius 3 is 2.32 bits per heavy atom. The summed E-state index contributed by atoms with van der Waals surface area (Å²) in [6.07, 6.45) is 1.52. The zero-order chi connectivity index (χ0) is 19.1. The zero-order valence-corrected chi connectivity index (χ0v) is 15.7. The van der Waals surface area contributed by atoms with Gasteiger partial charge < -0.3 is 15.5 Å². The molecule has 0 radical (unpaired) electrons. The van der Waals surface area contributed by atoms with Crippen molar-refractivity contribution in [1.82, 2.24) is 15.5 Å². The highest BCUT2D eigenvalue weighted by Crippen LogP contribution is 2.42. The molecule has 1 amide bonds. The number of likely N-dealkylation sites (N-methyl/N-ethyl adjacent to an activating group) is 1. The molecule has 2 N–H and O–H groups in total. The van der Waals surface area contributed by atoms with Crippen molar-refractivity contribution in [3.63, 3.8) is 0 Å². The van der Waals surface area contributed by atoms with E-state index in [1.807, 2.05) is 0 Å². The highest BCUT2D eigenvalue weighted by atomic mass is 19.4. The Labute approximate surface area is 148 Å². The summed E-state index contributed by atoms with van der Waals surface area (Å²) in [5, 5.41) is 6.06. The molecule has 5 nitrogen and oxygen atoms in total. The van der Waals surface area contributed by atoms with Crippen LogP contribution in [0.25, 0.3) is 0 Å². The smallest absolute Gasteiger partial charge is 0.356 e. The third kappa shape index (κ3) is 7.96. The summed E-state index contributed by atoms with van der Waals surface area (Å²) in [7, 11) is 2.73. The monoisotopic (exact) mass is 364 g/mol. The topological polar surface area (TPSA) is 56.7 Å². The number of hydrogen-bond acceptors (Lipinski definition) is 2. The minimum absolute atomic E-state index is 0.219. The van der Waals surface area contributed by atoms with Gasteiger partial charge in [-0.15, -0.1) is 0 Å². The molecule has 0 unspecified atom stereocenters. The first-order chi connectivity index (χ1) is 11.6. The molecule has 0 spiro atoms. The van der Waals surface area contributed by atoms with Gasteiger partial charge in [0.05, 0.1) is 6.54 Å². The molecule has 1 rings (SSSR count). The first kappa shape index (κ1) is 21.6. The van der Waals surface area contributed by atoms with Crippen molar-refractivity contribution < 1.29 is 18.0 Å². The Hall–Kier alpha value is -1.47. The van der Waals surface area contributed by atoms with E-state index in [1.165, 1.54) is 25.7 Å². The van der Waals surface area contributed by atoms with Gasteiger partial charge in [-0.3, -0.25) is 9.79 Å². The molecular formula is C17H31F3N4O. The van der Waals surface area contributed by atoms with Crippen LogP contribution in [0.15, 0.2) is 4.99 Å². The number of guanidine groups is 1. The maximum Gasteiger partial charge on any atom is 0.406 e. The molecule has 146 valence electrons. The lowest BCUT2D eigenvalue weighted by Gasteiger charge is -2.32. The van der Waals surface area contributed by atoms with Gasteiger partial charge in [-0.25, -0.2) is 0 Å². The second kappa shape index (κ2) is 9.29. The van der Waals surface area contributed by atoms with Crippen molar-refractivity contribution in [1.29, 1.82) is 0 Å². The molecule has 1 aliphatic rings. The number of amides is 1. The van der Waals surface area contributed by atoms with E-state index in [9.17, 15) is 18.0 Å². The average Bonchev–Trinajstić information content (AvgIpc) is 2.93. The van der Waals surface area contributed by atoms with Crippen molar-refractivity contribution in [3.05, 3.63) is 0 Å². The molecule has 0 atom stereocenters. The molecule has 1 fully saturated rings. The molecule has 0 aromatic rings. The maximum absolute atomic E-state index is 12.3. The van der Waals surface area contributed by atoms with Gasteiger partial charge >= 0.3 is 6.18 Å². The first-order valence-electron chi connectivity index (χ1n) is 8.82. The number of hydrogen-bond donors (Lipinski definition) is 2. The molecule has 0 heterocycles. The predicted molar refractivity (Wildman–Crippen MR) is 93.4 cm³/mol. The number of carbonyl (C=O) groups is 1. The van der Waals surface area contributed by atoms with E-state index in [4.69, 9.17) is 0 Å². The molecule has 25 heavy (non-hydrogen) atoms. The summed E-state index contributed by atoms with van der Waals surface area (Å²) in [6, 6.07) is 0. The predicted octanol–water partition coefficient (Wildman–Crippen LogP) is 2.78. The van der Waals surface area contributed by atoms with Gasteiger partial charge in [-0.05, 0) is 30.6 Å². The van der Waals surface area contributed by atoms with Crippen LogP contribution >= 0.6 is 0 Å². The molecular weight excluding hydrogens is 333 g/mol. The van der Waals surface area contributed by atoms with Crippen LogP contribution in [-0.4, -0.2) is 56.7 Å². The molecule has 1 aliphatic carbocycles. The van der Waals surface area contributed by atoms with Crippen molar-refractivity contribution >= 4 is 11.9 Å². The van der Waals surface area contributed by atoms with Crippen LogP contribution in [0.1, 0.15) is 46.0 Å². The fourth-order valence-corrected chi connectivity index (χ4v) is 3.59. The van der Waals surface area contributed by atoms with Crippen molar-refractivity contribution in [2.75, 3.05) is 33.7 Å². The lowest BCUT2D eigenvalue weighted by atomic mass is 9.78. The van der Waals surface area contributed by atoms with Crippen LogP contribution < -0.4 is 10.6 Å². The third-order valence-electron chi connectivity index (χ3n) is 4.61. The van der Waals surface area contributed by atoms with Gasteiger partial charge in [0.15, 0.2) is 5.96 Å². The summed E-state index contributed by atoms with van der Waals surface area (Å²) in [5.74, 6) is 0.425. The fraction of sp³-hybridized carbons (Fsp3) is 0.882. The second-order valence-corrected chi connectivity index (χ2v) is 7.45. The number of carbonyl (C=O) groups excluding carboxylic acids is 1. The molecule has 0 aromatic carbocycles. The van der Waals surface area contributed by atoms with E-state index in [1.54, 1.807) is 7.05 Å². The molecule has 0 aromatic heterocycles. The minimum Gasteiger partial charge on any atom is -0.356 e. The summed E-state index contributed by atoms with van der Waals surface area (Å²) >= 11 is 0. The maximum atomic E-state index is 12.3. The summed E-state index contributed by atoms with van der Waals surface area (Å²) in [6.45, 7) is 3.71. The number of halogens is 3. The van der Waals surface area contributed by atoms with Crippen molar-refractivity contribution in [2.45, 2.75) is 52.1 Å². The van der Waals surface area contributed by atoms with Crippen LogP contribution in [0.3, 0.4) is 0 Å². The fourth-order valence-electron chi connectivity index (χ4n) is 3.59. The lowest BCUT2D eigenvalue weighted by molar-refractivity contribution is -0.157. The Morgan fingerprint density at radius 2 is 1.84 bits per heavy atom. The summed E-state index contributed by atoms with van der Waals surface area (Å²) in [4.78, 5) is 16.5. The molecule has 0 bridgehead atoms. The minimum atomic E-state index is -4.39. The highest BCUT2D eigenvalue weighted by molar-refractivity contribution is 5.86. The molecule has 0 aliphatic heterocycles. The van der Waals surface area contributed by atoms with E-state index in [2.05, 4.69) is 29.5 Å². The Bertz CT molecular complexity index is 457. The second-order valence-electron chi connectivity index (χ2n) is 7.45. The van der Waals surface area contributed by atoms with Crippen LogP contribution in [0, 0.1) is 11.3 Å². The number of rotatable bonds is 7. The van der Waals surface area contributed by atoms with E-state index >= 15 is 0 Å². The largest absolute Gasteiger partial charge is 0.406 e. The van der Waals surface area contributed by atoms with E-state index < -0.39 is 18.6 Å². The molecule has 1 saturated carbocycles. The van der Waals surface area contributed by atoms with Gasteiger partial charge in [-0.1, -0.05) is 26.7 Å². The van der Waals surface area contributed by atoms with Crippen LogP contribution in [0.2, 0.25) is 0 Å². The lowest BCUT2D eigenvalue weighted by Crippen LogP contribution is -2.47. The van der Waals surface area contributed by atoms with Gasteiger partial charge in [0.1, 0.15) is 6.54 Å². The number of alkyl halides is 3.